The third kappa shape index (κ3) is 4.46. The number of amides is 1. The van der Waals surface area contributed by atoms with E-state index in [1.54, 1.807) is 12.1 Å². The molecule has 1 amide bonds. The van der Waals surface area contributed by atoms with Gasteiger partial charge in [0.1, 0.15) is 0 Å². The quantitative estimate of drug-likeness (QED) is 0.573. The first-order chi connectivity index (χ1) is 13.7. The van der Waals surface area contributed by atoms with Crippen molar-refractivity contribution in [1.29, 1.82) is 0 Å². The molecule has 8 nitrogen and oxygen atoms in total. The van der Waals surface area contributed by atoms with E-state index in [0.717, 1.165) is 11.1 Å². The summed E-state index contributed by atoms with van der Waals surface area (Å²) >= 11 is 0. The topological polar surface area (TPSA) is 110 Å². The molecule has 9 heteroatoms. The molecule has 0 spiro atoms. The van der Waals surface area contributed by atoms with Crippen molar-refractivity contribution >= 4 is 27.3 Å². The highest BCUT2D eigenvalue weighted by Crippen LogP contribution is 2.26. The Morgan fingerprint density at radius 3 is 2.69 bits per heavy atom. The fourth-order valence-corrected chi connectivity index (χ4v) is 4.98. The zero-order valence-electron chi connectivity index (χ0n) is 16.3. The van der Waals surface area contributed by atoms with E-state index in [4.69, 9.17) is 0 Å². The molecule has 154 valence electrons. The largest absolute Gasteiger partial charge is 0.322 e. The summed E-state index contributed by atoms with van der Waals surface area (Å²) in [6.45, 7) is 4.10. The van der Waals surface area contributed by atoms with Crippen LogP contribution in [0, 0.1) is 17.0 Å². The van der Waals surface area contributed by atoms with Crippen LogP contribution in [0.1, 0.15) is 40.4 Å². The van der Waals surface area contributed by atoms with Crippen molar-refractivity contribution in [2.45, 2.75) is 33.2 Å². The number of anilines is 1. The van der Waals surface area contributed by atoms with Gasteiger partial charge in [-0.25, -0.2) is 8.42 Å². The van der Waals surface area contributed by atoms with Crippen molar-refractivity contribution in [3.8, 4) is 0 Å². The van der Waals surface area contributed by atoms with Crippen molar-refractivity contribution in [3.63, 3.8) is 0 Å². The fourth-order valence-electron chi connectivity index (χ4n) is 3.50. The van der Waals surface area contributed by atoms with Crippen LogP contribution in [-0.4, -0.2) is 35.9 Å². The van der Waals surface area contributed by atoms with Gasteiger partial charge in [-0.2, -0.15) is 4.31 Å². The van der Waals surface area contributed by atoms with Gasteiger partial charge in [-0.3, -0.25) is 14.9 Å². The maximum absolute atomic E-state index is 12.6. The molecule has 0 saturated heterocycles. The number of carbonyl (C=O) groups is 1. The van der Waals surface area contributed by atoms with Crippen molar-refractivity contribution in [3.05, 3.63) is 68.8 Å². The summed E-state index contributed by atoms with van der Waals surface area (Å²) in [6, 6.07) is 9.79. The standard InChI is InChI=1S/C20H23N3O5S/c1-3-11-29(27,28)22-10-9-15-7-8-17(12-16(15)13-22)21-20(24)18-5-4-6-19(14(18)2)23(25)26/h4-8,12H,3,9-11,13H2,1-2H3,(H,21,24). The predicted octanol–water partition coefficient (Wildman–Crippen LogP) is 3.25. The Balaban J connectivity index is 1.82. The van der Waals surface area contributed by atoms with Crippen molar-refractivity contribution < 1.29 is 18.1 Å². The lowest BCUT2D eigenvalue weighted by molar-refractivity contribution is -0.385. The van der Waals surface area contributed by atoms with Crippen LogP contribution in [0.4, 0.5) is 11.4 Å². The van der Waals surface area contributed by atoms with E-state index >= 15 is 0 Å². The number of sulfonamides is 1. The van der Waals surface area contributed by atoms with Crippen LogP contribution in [0.2, 0.25) is 0 Å². The maximum Gasteiger partial charge on any atom is 0.273 e. The highest BCUT2D eigenvalue weighted by atomic mass is 32.2. The Bertz CT molecular complexity index is 1070. The third-order valence-corrected chi connectivity index (χ3v) is 7.07. The highest BCUT2D eigenvalue weighted by Gasteiger charge is 2.26. The van der Waals surface area contributed by atoms with Gasteiger partial charge < -0.3 is 5.32 Å². The zero-order chi connectivity index (χ0) is 21.2. The van der Waals surface area contributed by atoms with Crippen LogP contribution in [-0.2, 0) is 23.0 Å². The Labute approximate surface area is 169 Å². The summed E-state index contributed by atoms with van der Waals surface area (Å²) in [4.78, 5) is 23.2. The number of rotatable bonds is 6. The smallest absolute Gasteiger partial charge is 0.273 e. The minimum atomic E-state index is -3.29. The Kier molecular flexibility index (Phi) is 5.99. The number of nitro groups is 1. The third-order valence-electron chi connectivity index (χ3n) is 5.04. The van der Waals surface area contributed by atoms with Gasteiger partial charge in [0.05, 0.1) is 10.7 Å². The highest BCUT2D eigenvalue weighted by molar-refractivity contribution is 7.89. The maximum atomic E-state index is 12.6. The van der Waals surface area contributed by atoms with Crippen LogP contribution >= 0.6 is 0 Å². The van der Waals surface area contributed by atoms with E-state index in [2.05, 4.69) is 5.32 Å². The number of nitro benzene ring substituents is 1. The van der Waals surface area contributed by atoms with Gasteiger partial charge in [-0.1, -0.05) is 19.1 Å². The molecule has 0 unspecified atom stereocenters. The Hall–Kier alpha value is -2.78. The summed E-state index contributed by atoms with van der Waals surface area (Å²) in [6.07, 6.45) is 1.18. The molecule has 0 atom stereocenters. The molecule has 3 rings (SSSR count). The van der Waals surface area contributed by atoms with Crippen molar-refractivity contribution in [2.75, 3.05) is 17.6 Å². The number of hydrogen-bond acceptors (Lipinski definition) is 5. The van der Waals surface area contributed by atoms with Gasteiger partial charge in [0, 0.05) is 36.0 Å². The SMILES string of the molecule is CCCS(=O)(=O)N1CCc2ccc(NC(=O)c3cccc([N+](=O)[O-])c3C)cc2C1. The van der Waals surface area contributed by atoms with Gasteiger partial charge in [-0.05, 0) is 49.1 Å². The lowest BCUT2D eigenvalue weighted by Crippen LogP contribution is -2.37. The Morgan fingerprint density at radius 2 is 2.00 bits per heavy atom. The molecule has 1 N–H and O–H groups in total. The number of benzene rings is 2. The summed E-state index contributed by atoms with van der Waals surface area (Å²) in [5.74, 6) is -0.331. The summed E-state index contributed by atoms with van der Waals surface area (Å²) in [7, 11) is -3.29. The summed E-state index contributed by atoms with van der Waals surface area (Å²) in [5.41, 5.74) is 2.84. The lowest BCUT2D eigenvalue weighted by Gasteiger charge is -2.28. The molecular weight excluding hydrogens is 394 g/mol. The molecule has 0 aliphatic carbocycles. The van der Waals surface area contributed by atoms with E-state index in [1.807, 2.05) is 13.0 Å². The molecule has 0 fully saturated rings. The molecule has 1 aliphatic heterocycles. The van der Waals surface area contributed by atoms with Crippen molar-refractivity contribution in [2.24, 2.45) is 0 Å². The second-order valence-electron chi connectivity index (χ2n) is 7.04. The minimum absolute atomic E-state index is 0.111. The monoisotopic (exact) mass is 417 g/mol. The van der Waals surface area contributed by atoms with E-state index in [9.17, 15) is 23.3 Å². The molecule has 2 aromatic rings. The number of carbonyl (C=O) groups excluding carboxylic acids is 1. The average molecular weight is 417 g/mol. The van der Waals surface area contributed by atoms with E-state index < -0.39 is 20.9 Å². The van der Waals surface area contributed by atoms with Crippen LogP contribution in [0.15, 0.2) is 36.4 Å². The average Bonchev–Trinajstić information content (AvgIpc) is 2.67. The van der Waals surface area contributed by atoms with Crippen LogP contribution in [0.5, 0.6) is 0 Å². The molecule has 0 aromatic heterocycles. The molecule has 0 bridgehead atoms. The number of nitrogens with zero attached hydrogens (tertiary/aromatic N) is 2. The van der Waals surface area contributed by atoms with E-state index in [-0.39, 0.29) is 23.5 Å². The molecule has 1 aliphatic rings. The number of fused-ring (bicyclic) bond motifs is 1. The molecule has 0 saturated carbocycles. The van der Waals surface area contributed by atoms with Crippen LogP contribution in [0.25, 0.3) is 0 Å². The van der Waals surface area contributed by atoms with Crippen LogP contribution in [0.3, 0.4) is 0 Å². The van der Waals surface area contributed by atoms with Gasteiger partial charge in [0.2, 0.25) is 10.0 Å². The number of nitrogens with one attached hydrogen (secondary N) is 1. The lowest BCUT2D eigenvalue weighted by atomic mass is 10.00. The normalized spacial score (nSPS) is 14.3. The Morgan fingerprint density at radius 1 is 1.24 bits per heavy atom. The van der Waals surface area contributed by atoms with Crippen LogP contribution < -0.4 is 5.32 Å². The first-order valence-corrected chi connectivity index (χ1v) is 11.0. The minimum Gasteiger partial charge on any atom is -0.322 e. The molecule has 29 heavy (non-hydrogen) atoms. The molecule has 2 aromatic carbocycles. The zero-order valence-corrected chi connectivity index (χ0v) is 17.2. The first-order valence-electron chi connectivity index (χ1n) is 9.38. The molecule has 1 heterocycles. The van der Waals surface area contributed by atoms with Gasteiger partial charge in [0.25, 0.3) is 11.6 Å². The fraction of sp³-hybridized carbons (Fsp3) is 0.350. The summed E-state index contributed by atoms with van der Waals surface area (Å²) in [5, 5.41) is 13.9. The van der Waals surface area contributed by atoms with Gasteiger partial charge in [-0.15, -0.1) is 0 Å². The van der Waals surface area contributed by atoms with Gasteiger partial charge >= 0.3 is 0 Å². The van der Waals surface area contributed by atoms with E-state index in [1.165, 1.54) is 29.4 Å². The second-order valence-corrected chi connectivity index (χ2v) is 9.13. The second kappa shape index (κ2) is 8.30. The van der Waals surface area contributed by atoms with Gasteiger partial charge in [0.15, 0.2) is 0 Å². The van der Waals surface area contributed by atoms with E-state index in [0.29, 0.717) is 30.6 Å². The van der Waals surface area contributed by atoms with Crippen molar-refractivity contribution in [1.82, 2.24) is 4.31 Å². The first kappa shape index (κ1) is 20.9. The summed E-state index contributed by atoms with van der Waals surface area (Å²) < 4.78 is 26.2. The molecule has 0 radical (unpaired) electrons. The molecular formula is C20H23N3O5S. The number of hydrogen-bond donors (Lipinski definition) is 1. The predicted molar refractivity (Wildman–Crippen MR) is 110 cm³/mol.